The van der Waals surface area contributed by atoms with E-state index in [9.17, 15) is 4.39 Å². The number of halogens is 5. The summed E-state index contributed by atoms with van der Waals surface area (Å²) in [5.41, 5.74) is 5.59. The molecule has 8 rings (SSSR count). The van der Waals surface area contributed by atoms with Crippen LogP contribution in [0, 0.1) is 36.0 Å². The normalized spacial score (nSPS) is 12.6. The molecule has 0 unspecified atom stereocenters. The summed E-state index contributed by atoms with van der Waals surface area (Å²) in [6, 6.07) is 31.5. The fraction of sp³-hybridized carbons (Fsp3) is 0.200. The van der Waals surface area contributed by atoms with Gasteiger partial charge in [-0.2, -0.15) is 0 Å². The lowest BCUT2D eigenvalue weighted by Crippen LogP contribution is -2.12. The van der Waals surface area contributed by atoms with Crippen molar-refractivity contribution in [3.05, 3.63) is 143 Å². The van der Waals surface area contributed by atoms with Gasteiger partial charge in [-0.25, -0.2) is 22.0 Å². The first-order chi connectivity index (χ1) is 24.6. The smallest absolute Gasteiger partial charge is 0.200 e. The van der Waals surface area contributed by atoms with Crippen LogP contribution in [0.25, 0.3) is 66.1 Å². The predicted octanol–water partition coefficient (Wildman–Crippen LogP) is 13.1. The van der Waals surface area contributed by atoms with E-state index < -0.39 is 34.6 Å². The van der Waals surface area contributed by atoms with Crippen molar-refractivity contribution in [2.24, 2.45) is 0 Å². The third-order valence-corrected chi connectivity index (χ3v) is 10.4. The Kier molecular flexibility index (Phi) is 7.48. The maximum atomic E-state index is 15.9. The van der Waals surface area contributed by atoms with E-state index in [1.165, 1.54) is 6.07 Å². The molecule has 0 aliphatic carbocycles. The molecule has 0 bridgehead atoms. The lowest BCUT2D eigenvalue weighted by molar-refractivity contribution is 0.381. The van der Waals surface area contributed by atoms with Crippen LogP contribution >= 0.6 is 0 Å². The van der Waals surface area contributed by atoms with E-state index in [4.69, 9.17) is 0 Å². The molecule has 2 nitrogen and oxygen atoms in total. The van der Waals surface area contributed by atoms with Gasteiger partial charge >= 0.3 is 0 Å². The molecule has 0 radical (unpaired) electrons. The molecule has 2 aromatic heterocycles. The molecule has 0 spiro atoms. The molecular weight excluding hydrogens is 663 g/mol. The first-order valence-corrected chi connectivity index (χ1v) is 17.3. The summed E-state index contributed by atoms with van der Waals surface area (Å²) in [6.07, 6.45) is 0. The fourth-order valence-electron chi connectivity index (χ4n) is 7.64. The number of nitrogens with zero attached hydrogens (tertiary/aromatic N) is 2. The Hall–Kier alpha value is -5.43. The highest BCUT2D eigenvalue weighted by Crippen LogP contribution is 2.44. The zero-order valence-corrected chi connectivity index (χ0v) is 30.0. The van der Waals surface area contributed by atoms with Crippen LogP contribution in [-0.2, 0) is 10.8 Å². The van der Waals surface area contributed by atoms with Crippen molar-refractivity contribution in [3.8, 4) is 22.5 Å². The molecule has 262 valence electrons. The standard InChI is InChI=1S/C45H37F5N2/c1-24-32(51-33-14-10-8-12-27(33)29-18-16-25(22-35(29)51)44(2,3)4)21-20-31(37-38(46)40(48)42(50)41(49)39(37)47)43(24)52-34-15-11-9-13-28(34)30-19-17-26(23-36(30)52)45(5,6)7/h8-23H,1-7H3. The van der Waals surface area contributed by atoms with Crippen molar-refractivity contribution < 1.29 is 22.0 Å². The SMILES string of the molecule is Cc1c(-n2c3ccccc3c3ccc(C(C)(C)C)cc32)ccc(-c2c(F)c(F)c(F)c(F)c2F)c1-n1c2ccccc2c2ccc(C(C)(C)C)cc21. The minimum absolute atomic E-state index is 0.117. The van der Waals surface area contributed by atoms with E-state index in [1.807, 2.05) is 60.0 Å². The van der Waals surface area contributed by atoms with Gasteiger partial charge in [0, 0.05) is 27.1 Å². The summed E-state index contributed by atoms with van der Waals surface area (Å²) in [7, 11) is 0. The van der Waals surface area contributed by atoms with Crippen molar-refractivity contribution in [1.82, 2.24) is 9.13 Å². The largest absolute Gasteiger partial charge is 0.309 e. The molecule has 0 N–H and O–H groups in total. The van der Waals surface area contributed by atoms with Gasteiger partial charge in [0.1, 0.15) is 0 Å². The zero-order chi connectivity index (χ0) is 37.0. The number of fused-ring (bicyclic) bond motifs is 6. The third kappa shape index (κ3) is 4.89. The van der Waals surface area contributed by atoms with Gasteiger partial charge in [0.25, 0.3) is 0 Å². The van der Waals surface area contributed by atoms with Crippen LogP contribution in [-0.4, -0.2) is 9.13 Å². The summed E-state index contributed by atoms with van der Waals surface area (Å²) in [5.74, 6) is -9.94. The third-order valence-electron chi connectivity index (χ3n) is 10.4. The highest BCUT2D eigenvalue weighted by atomic mass is 19.2. The molecule has 0 atom stereocenters. The Balaban J connectivity index is 1.58. The van der Waals surface area contributed by atoms with Gasteiger partial charge < -0.3 is 9.13 Å². The number of aromatic nitrogens is 2. The summed E-state index contributed by atoms with van der Waals surface area (Å²) >= 11 is 0. The molecular formula is C45H37F5N2. The molecule has 0 saturated heterocycles. The molecule has 6 aromatic carbocycles. The molecule has 7 heteroatoms. The minimum Gasteiger partial charge on any atom is -0.309 e. The van der Waals surface area contributed by atoms with Gasteiger partial charge in [0.2, 0.25) is 5.82 Å². The molecule has 0 saturated carbocycles. The zero-order valence-electron chi connectivity index (χ0n) is 30.0. The summed E-state index contributed by atoms with van der Waals surface area (Å²) < 4.78 is 80.3. The summed E-state index contributed by atoms with van der Waals surface area (Å²) in [4.78, 5) is 0. The number of rotatable bonds is 3. The first-order valence-electron chi connectivity index (χ1n) is 17.3. The van der Waals surface area contributed by atoms with E-state index in [-0.39, 0.29) is 16.4 Å². The van der Waals surface area contributed by atoms with E-state index in [0.29, 0.717) is 16.9 Å². The van der Waals surface area contributed by atoms with Crippen LogP contribution in [0.1, 0.15) is 58.2 Å². The van der Waals surface area contributed by atoms with Gasteiger partial charge in [-0.05, 0) is 70.8 Å². The molecule has 2 heterocycles. The number of hydrogen-bond acceptors (Lipinski definition) is 0. The Bertz CT molecular complexity index is 2740. The van der Waals surface area contributed by atoms with E-state index in [0.717, 1.165) is 54.7 Å². The van der Waals surface area contributed by atoms with E-state index in [2.05, 4.69) is 82.5 Å². The Labute approximate surface area is 298 Å². The van der Waals surface area contributed by atoms with Crippen LogP contribution in [0.5, 0.6) is 0 Å². The molecule has 0 aliphatic heterocycles. The average molecular weight is 701 g/mol. The lowest BCUT2D eigenvalue weighted by Gasteiger charge is -2.23. The molecule has 52 heavy (non-hydrogen) atoms. The Morgan fingerprint density at radius 3 is 1.37 bits per heavy atom. The highest BCUT2D eigenvalue weighted by Gasteiger charge is 2.31. The first kappa shape index (κ1) is 33.7. The van der Waals surface area contributed by atoms with Gasteiger partial charge in [0.05, 0.1) is 39.0 Å². The molecule has 0 amide bonds. The van der Waals surface area contributed by atoms with Crippen LogP contribution in [0.2, 0.25) is 0 Å². The van der Waals surface area contributed by atoms with Gasteiger partial charge in [-0.1, -0.05) is 102 Å². The molecule has 8 aromatic rings. The molecule has 0 aliphatic rings. The van der Waals surface area contributed by atoms with Crippen molar-refractivity contribution in [2.45, 2.75) is 59.3 Å². The van der Waals surface area contributed by atoms with Gasteiger partial charge in [0.15, 0.2) is 23.3 Å². The quantitative estimate of drug-likeness (QED) is 0.0986. The van der Waals surface area contributed by atoms with Crippen LogP contribution in [0.15, 0.2) is 97.1 Å². The maximum absolute atomic E-state index is 15.9. The second kappa shape index (κ2) is 11.5. The predicted molar refractivity (Wildman–Crippen MR) is 202 cm³/mol. The lowest BCUT2D eigenvalue weighted by atomic mass is 9.86. The second-order valence-corrected chi connectivity index (χ2v) is 15.7. The number of hydrogen-bond donors (Lipinski definition) is 0. The number of para-hydroxylation sites is 2. The number of benzene rings is 6. The van der Waals surface area contributed by atoms with Gasteiger partial charge in [-0.3, -0.25) is 0 Å². The Morgan fingerprint density at radius 1 is 0.442 bits per heavy atom. The topological polar surface area (TPSA) is 9.86 Å². The second-order valence-electron chi connectivity index (χ2n) is 15.7. The fourth-order valence-corrected chi connectivity index (χ4v) is 7.64. The van der Waals surface area contributed by atoms with Crippen LogP contribution < -0.4 is 0 Å². The van der Waals surface area contributed by atoms with Crippen molar-refractivity contribution in [3.63, 3.8) is 0 Å². The van der Waals surface area contributed by atoms with Crippen molar-refractivity contribution >= 4 is 43.6 Å². The van der Waals surface area contributed by atoms with Gasteiger partial charge in [-0.15, -0.1) is 0 Å². The van der Waals surface area contributed by atoms with Crippen molar-refractivity contribution in [1.29, 1.82) is 0 Å². The highest BCUT2D eigenvalue weighted by molar-refractivity contribution is 6.11. The molecule has 0 fully saturated rings. The maximum Gasteiger partial charge on any atom is 0.200 e. The van der Waals surface area contributed by atoms with Crippen LogP contribution in [0.3, 0.4) is 0 Å². The average Bonchev–Trinajstić information content (AvgIpc) is 3.61. The van der Waals surface area contributed by atoms with E-state index in [1.54, 1.807) is 6.07 Å². The Morgan fingerprint density at radius 2 is 0.865 bits per heavy atom. The minimum atomic E-state index is -2.19. The van der Waals surface area contributed by atoms with Crippen LogP contribution in [0.4, 0.5) is 22.0 Å². The summed E-state index contributed by atoms with van der Waals surface area (Å²) in [6.45, 7) is 14.6. The monoisotopic (exact) mass is 700 g/mol. The van der Waals surface area contributed by atoms with E-state index >= 15 is 17.6 Å². The van der Waals surface area contributed by atoms with Crippen molar-refractivity contribution in [2.75, 3.05) is 0 Å². The summed E-state index contributed by atoms with van der Waals surface area (Å²) in [5, 5.41) is 3.83.